The van der Waals surface area contributed by atoms with Gasteiger partial charge in [0.15, 0.2) is 11.0 Å². The molecule has 5 aromatic rings. The van der Waals surface area contributed by atoms with Gasteiger partial charge in [-0.3, -0.25) is 9.36 Å². The van der Waals surface area contributed by atoms with E-state index in [-0.39, 0.29) is 5.56 Å². The number of para-hydroxylation sites is 1. The molecule has 33 heavy (non-hydrogen) atoms. The van der Waals surface area contributed by atoms with Crippen molar-refractivity contribution in [1.29, 1.82) is 0 Å². The lowest BCUT2D eigenvalue weighted by Crippen LogP contribution is -2.12. The number of rotatable bonds is 7. The second kappa shape index (κ2) is 9.60. The van der Waals surface area contributed by atoms with Crippen molar-refractivity contribution in [3.8, 4) is 11.4 Å². The molecule has 0 aliphatic rings. The summed E-state index contributed by atoms with van der Waals surface area (Å²) in [4.78, 5) is 19.8. The van der Waals surface area contributed by atoms with Gasteiger partial charge in [0.05, 0.1) is 22.5 Å². The molecular weight excluding hydrogens is 454 g/mol. The third-order valence-electron chi connectivity index (χ3n) is 5.25. The van der Waals surface area contributed by atoms with Gasteiger partial charge in [-0.15, -0.1) is 10.2 Å². The minimum atomic E-state index is -0.117. The van der Waals surface area contributed by atoms with Gasteiger partial charge in [0.25, 0.3) is 5.56 Å². The molecule has 0 aliphatic heterocycles. The number of aryl methyl sites for hydroxylation is 1. The molecule has 0 saturated carbocycles. The minimum Gasteiger partial charge on any atom is -0.310 e. The molecule has 0 fully saturated rings. The number of fused-ring (bicyclic) bond motifs is 1. The maximum atomic E-state index is 12.3. The van der Waals surface area contributed by atoms with Crippen molar-refractivity contribution >= 4 is 34.3 Å². The van der Waals surface area contributed by atoms with Gasteiger partial charge in [-0.05, 0) is 29.8 Å². The number of H-pyrrole nitrogens is 1. The predicted octanol–water partition coefficient (Wildman–Crippen LogP) is 5.22. The highest BCUT2D eigenvalue weighted by Crippen LogP contribution is 2.30. The van der Waals surface area contributed by atoms with Crippen molar-refractivity contribution in [3.05, 3.63) is 106 Å². The quantitative estimate of drug-likeness (QED) is 0.328. The molecule has 2 aromatic heterocycles. The molecule has 164 valence electrons. The number of nitrogens with one attached hydrogen (secondary N) is 1. The fourth-order valence-electron chi connectivity index (χ4n) is 3.64. The van der Waals surface area contributed by atoms with Gasteiger partial charge in [0.1, 0.15) is 5.82 Å². The molecule has 3 aromatic carbocycles. The molecule has 0 saturated heterocycles. The summed E-state index contributed by atoms with van der Waals surface area (Å²) in [6.07, 6.45) is 0.602. The van der Waals surface area contributed by atoms with Crippen LogP contribution in [-0.2, 0) is 13.0 Å². The van der Waals surface area contributed by atoms with E-state index in [0.29, 0.717) is 40.5 Å². The Morgan fingerprint density at radius 1 is 0.909 bits per heavy atom. The van der Waals surface area contributed by atoms with Crippen LogP contribution in [0.2, 0.25) is 5.02 Å². The van der Waals surface area contributed by atoms with Crippen LogP contribution in [0.15, 0.2) is 88.8 Å². The highest BCUT2D eigenvalue weighted by atomic mass is 35.5. The van der Waals surface area contributed by atoms with Crippen LogP contribution in [0.5, 0.6) is 0 Å². The summed E-state index contributed by atoms with van der Waals surface area (Å²) >= 11 is 8.04. The van der Waals surface area contributed by atoms with Crippen molar-refractivity contribution < 1.29 is 0 Å². The number of hydrogen-bond acceptors (Lipinski definition) is 5. The van der Waals surface area contributed by atoms with Crippen LogP contribution in [-0.4, -0.2) is 30.5 Å². The normalized spacial score (nSPS) is 11.2. The Kier molecular flexibility index (Phi) is 6.24. The van der Waals surface area contributed by atoms with E-state index in [4.69, 9.17) is 11.6 Å². The predicted molar refractivity (Wildman–Crippen MR) is 133 cm³/mol. The van der Waals surface area contributed by atoms with E-state index in [0.717, 1.165) is 22.1 Å². The van der Waals surface area contributed by atoms with Gasteiger partial charge in [0.2, 0.25) is 0 Å². The lowest BCUT2D eigenvalue weighted by molar-refractivity contribution is 0.714. The van der Waals surface area contributed by atoms with Gasteiger partial charge in [-0.2, -0.15) is 0 Å². The summed E-state index contributed by atoms with van der Waals surface area (Å²) in [5.74, 6) is 2.08. The van der Waals surface area contributed by atoms with Crippen LogP contribution in [0.3, 0.4) is 0 Å². The Labute approximate surface area is 199 Å². The standard InChI is InChI=1S/C25H20ClN5OS/c26-20-12-6-4-10-18(20)23-29-30-25(31(23)16-17-8-2-1-3-9-17)33-15-14-22-27-21-13-7-5-11-19(21)24(32)28-22/h1-13H,14-16H2,(H,27,28,32). The topological polar surface area (TPSA) is 76.5 Å². The maximum Gasteiger partial charge on any atom is 0.258 e. The first-order valence-corrected chi connectivity index (χ1v) is 11.9. The molecule has 0 aliphatic carbocycles. The number of benzene rings is 3. The number of hydrogen-bond donors (Lipinski definition) is 1. The molecule has 0 bridgehead atoms. The molecule has 0 amide bonds. The van der Waals surface area contributed by atoms with E-state index in [1.165, 1.54) is 0 Å². The minimum absolute atomic E-state index is 0.117. The lowest BCUT2D eigenvalue weighted by Gasteiger charge is -2.11. The molecule has 0 unspecified atom stereocenters. The summed E-state index contributed by atoms with van der Waals surface area (Å²) in [6.45, 7) is 0.627. The van der Waals surface area contributed by atoms with Gasteiger partial charge in [-0.1, -0.05) is 78.0 Å². The Morgan fingerprint density at radius 3 is 2.52 bits per heavy atom. The second-order valence-corrected chi connectivity index (χ2v) is 8.96. The first kappa shape index (κ1) is 21.4. The maximum absolute atomic E-state index is 12.3. The average Bonchev–Trinajstić information content (AvgIpc) is 3.22. The fraction of sp³-hybridized carbons (Fsp3) is 0.120. The Morgan fingerprint density at radius 2 is 1.67 bits per heavy atom. The Balaban J connectivity index is 1.41. The van der Waals surface area contributed by atoms with Crippen LogP contribution >= 0.6 is 23.4 Å². The number of aromatic amines is 1. The number of nitrogens with zero attached hydrogens (tertiary/aromatic N) is 4. The van der Waals surface area contributed by atoms with E-state index in [1.54, 1.807) is 17.8 Å². The van der Waals surface area contributed by atoms with E-state index in [1.807, 2.05) is 60.7 Å². The number of aromatic nitrogens is 5. The third-order valence-corrected chi connectivity index (χ3v) is 6.55. The second-order valence-electron chi connectivity index (χ2n) is 7.49. The van der Waals surface area contributed by atoms with Gasteiger partial charge in [-0.25, -0.2) is 4.98 Å². The number of thioether (sulfide) groups is 1. The van der Waals surface area contributed by atoms with E-state index < -0.39 is 0 Å². The largest absolute Gasteiger partial charge is 0.310 e. The highest BCUT2D eigenvalue weighted by Gasteiger charge is 2.17. The van der Waals surface area contributed by atoms with Crippen LogP contribution in [0.25, 0.3) is 22.3 Å². The van der Waals surface area contributed by atoms with E-state index in [2.05, 4.69) is 36.9 Å². The van der Waals surface area contributed by atoms with Gasteiger partial charge < -0.3 is 4.98 Å². The molecule has 2 heterocycles. The molecule has 0 atom stereocenters. The average molecular weight is 474 g/mol. The monoisotopic (exact) mass is 473 g/mol. The molecule has 8 heteroatoms. The Bertz CT molecular complexity index is 1460. The van der Waals surface area contributed by atoms with E-state index in [9.17, 15) is 4.79 Å². The molecule has 0 radical (unpaired) electrons. The van der Waals surface area contributed by atoms with Crippen LogP contribution in [0.1, 0.15) is 11.4 Å². The van der Waals surface area contributed by atoms with Gasteiger partial charge >= 0.3 is 0 Å². The first-order valence-electron chi connectivity index (χ1n) is 10.5. The summed E-state index contributed by atoms with van der Waals surface area (Å²) in [5, 5.41) is 10.9. The van der Waals surface area contributed by atoms with Crippen LogP contribution in [0.4, 0.5) is 0 Å². The Hall–Kier alpha value is -3.42. The van der Waals surface area contributed by atoms with Crippen molar-refractivity contribution in [3.63, 3.8) is 0 Å². The zero-order valence-corrected chi connectivity index (χ0v) is 19.2. The summed E-state index contributed by atoms with van der Waals surface area (Å²) < 4.78 is 2.08. The third kappa shape index (κ3) is 4.69. The summed E-state index contributed by atoms with van der Waals surface area (Å²) in [6, 6.07) is 25.2. The van der Waals surface area contributed by atoms with Crippen molar-refractivity contribution in [1.82, 2.24) is 24.7 Å². The summed E-state index contributed by atoms with van der Waals surface area (Å²) in [7, 11) is 0. The molecular formula is C25H20ClN5OS. The summed E-state index contributed by atoms with van der Waals surface area (Å²) in [5.41, 5.74) is 2.58. The number of halogens is 1. The zero-order chi connectivity index (χ0) is 22.6. The molecule has 0 spiro atoms. The van der Waals surface area contributed by atoms with Crippen molar-refractivity contribution in [2.75, 3.05) is 5.75 Å². The highest BCUT2D eigenvalue weighted by molar-refractivity contribution is 7.99. The van der Waals surface area contributed by atoms with Crippen LogP contribution in [0, 0.1) is 0 Å². The molecule has 1 N–H and O–H groups in total. The molecule has 6 nitrogen and oxygen atoms in total. The smallest absolute Gasteiger partial charge is 0.258 e. The van der Waals surface area contributed by atoms with Crippen molar-refractivity contribution in [2.24, 2.45) is 0 Å². The SMILES string of the molecule is O=c1[nH]c(CCSc2nnc(-c3ccccc3Cl)n2Cc2ccccc2)nc2ccccc12. The van der Waals surface area contributed by atoms with E-state index >= 15 is 0 Å². The van der Waals surface area contributed by atoms with Crippen LogP contribution < -0.4 is 5.56 Å². The zero-order valence-electron chi connectivity index (χ0n) is 17.6. The first-order chi connectivity index (χ1) is 16.2. The fourth-order valence-corrected chi connectivity index (χ4v) is 4.74. The lowest BCUT2D eigenvalue weighted by atomic mass is 10.2. The molecule has 5 rings (SSSR count). The van der Waals surface area contributed by atoms with Crippen molar-refractivity contribution in [2.45, 2.75) is 18.1 Å². The van der Waals surface area contributed by atoms with Gasteiger partial charge in [0, 0.05) is 17.7 Å².